The van der Waals surface area contributed by atoms with Crippen molar-refractivity contribution < 1.29 is 18.4 Å². The second kappa shape index (κ2) is 10.7. The number of benzene rings is 2. The Kier molecular flexibility index (Phi) is 7.42. The molecule has 0 fully saturated rings. The standard InChI is InChI=1S/C28H27F2N5O2/c1-16-17(2)34-35(18(16)3)15-26(36)33-25(12-19-10-22(29)14-23(30)11-19)27-24(8-5-9-32-27)20-6-4-7-21(13-20)28(31)37/h4-11,13-14,25H,12,15H2,1-3H3,(H2,31,37)(H,33,36)/t25-/m0/s1. The van der Waals surface area contributed by atoms with Crippen LogP contribution in [0.2, 0.25) is 0 Å². The van der Waals surface area contributed by atoms with Gasteiger partial charge in [0, 0.05) is 29.1 Å². The van der Waals surface area contributed by atoms with Gasteiger partial charge in [0.15, 0.2) is 0 Å². The third-order valence-electron chi connectivity index (χ3n) is 6.36. The molecule has 2 heterocycles. The lowest BCUT2D eigenvalue weighted by Crippen LogP contribution is -2.34. The van der Waals surface area contributed by atoms with Gasteiger partial charge in [-0.15, -0.1) is 0 Å². The Hall–Kier alpha value is -4.40. The Labute approximate surface area is 213 Å². The normalized spacial score (nSPS) is 11.8. The van der Waals surface area contributed by atoms with Gasteiger partial charge in [0.2, 0.25) is 11.8 Å². The summed E-state index contributed by atoms with van der Waals surface area (Å²) in [6.45, 7) is 5.66. The number of rotatable bonds is 8. The number of nitrogens with two attached hydrogens (primary N) is 1. The Morgan fingerprint density at radius 3 is 2.41 bits per heavy atom. The first-order chi connectivity index (χ1) is 17.6. The Bertz CT molecular complexity index is 1460. The molecular formula is C28H27F2N5O2. The van der Waals surface area contributed by atoms with E-state index in [1.165, 1.54) is 12.1 Å². The number of nitrogens with zero attached hydrogens (tertiary/aromatic N) is 3. The summed E-state index contributed by atoms with van der Waals surface area (Å²) in [5.41, 5.74) is 10.6. The van der Waals surface area contributed by atoms with Crippen LogP contribution in [0.5, 0.6) is 0 Å². The van der Waals surface area contributed by atoms with Crippen LogP contribution in [0.4, 0.5) is 8.78 Å². The molecule has 2 aromatic heterocycles. The summed E-state index contributed by atoms with van der Waals surface area (Å²) in [4.78, 5) is 29.5. The predicted molar refractivity (Wildman–Crippen MR) is 136 cm³/mol. The molecule has 9 heteroatoms. The van der Waals surface area contributed by atoms with Gasteiger partial charge < -0.3 is 11.1 Å². The third-order valence-corrected chi connectivity index (χ3v) is 6.36. The highest BCUT2D eigenvalue weighted by Gasteiger charge is 2.22. The Balaban J connectivity index is 1.73. The lowest BCUT2D eigenvalue weighted by molar-refractivity contribution is -0.122. The molecular weight excluding hydrogens is 476 g/mol. The topological polar surface area (TPSA) is 103 Å². The van der Waals surface area contributed by atoms with E-state index < -0.39 is 23.6 Å². The van der Waals surface area contributed by atoms with Crippen LogP contribution in [0, 0.1) is 32.4 Å². The van der Waals surface area contributed by atoms with E-state index in [0.717, 1.165) is 23.0 Å². The van der Waals surface area contributed by atoms with Gasteiger partial charge in [-0.25, -0.2) is 8.78 Å². The molecule has 0 saturated heterocycles. The molecule has 0 bridgehead atoms. The molecule has 7 nitrogen and oxygen atoms in total. The smallest absolute Gasteiger partial charge is 0.248 e. The second-order valence-corrected chi connectivity index (χ2v) is 8.94. The van der Waals surface area contributed by atoms with Crippen molar-refractivity contribution in [3.05, 3.63) is 106 Å². The van der Waals surface area contributed by atoms with E-state index in [1.54, 1.807) is 47.3 Å². The fraction of sp³-hybridized carbons (Fsp3) is 0.214. The molecule has 2 amide bonds. The average molecular weight is 504 g/mol. The molecule has 1 atom stereocenters. The molecule has 4 rings (SSSR count). The second-order valence-electron chi connectivity index (χ2n) is 8.94. The summed E-state index contributed by atoms with van der Waals surface area (Å²) in [5.74, 6) is -2.34. The van der Waals surface area contributed by atoms with Gasteiger partial charge in [-0.3, -0.25) is 19.3 Å². The van der Waals surface area contributed by atoms with E-state index in [-0.39, 0.29) is 18.9 Å². The number of primary amides is 1. The first-order valence-corrected chi connectivity index (χ1v) is 11.7. The van der Waals surface area contributed by atoms with Crippen molar-refractivity contribution in [2.45, 2.75) is 39.8 Å². The zero-order valence-corrected chi connectivity index (χ0v) is 20.8. The number of aryl methyl sites for hydroxylation is 1. The van der Waals surface area contributed by atoms with E-state index in [2.05, 4.69) is 15.4 Å². The summed E-state index contributed by atoms with van der Waals surface area (Å²) in [5, 5.41) is 7.40. The van der Waals surface area contributed by atoms with Crippen LogP contribution in [0.3, 0.4) is 0 Å². The highest BCUT2D eigenvalue weighted by atomic mass is 19.1. The van der Waals surface area contributed by atoms with E-state index >= 15 is 0 Å². The molecule has 190 valence electrons. The number of carbonyl (C=O) groups is 2. The molecule has 0 unspecified atom stereocenters. The zero-order valence-electron chi connectivity index (χ0n) is 20.8. The maximum Gasteiger partial charge on any atom is 0.248 e. The fourth-order valence-electron chi connectivity index (χ4n) is 4.28. The molecule has 0 radical (unpaired) electrons. The average Bonchev–Trinajstić information content (AvgIpc) is 3.09. The Morgan fingerprint density at radius 2 is 1.76 bits per heavy atom. The van der Waals surface area contributed by atoms with E-state index in [9.17, 15) is 18.4 Å². The fourth-order valence-corrected chi connectivity index (χ4v) is 4.28. The number of halogens is 2. The molecule has 4 aromatic rings. The van der Waals surface area contributed by atoms with Gasteiger partial charge in [-0.2, -0.15) is 5.10 Å². The molecule has 37 heavy (non-hydrogen) atoms. The van der Waals surface area contributed by atoms with Gasteiger partial charge in [0.25, 0.3) is 0 Å². The van der Waals surface area contributed by atoms with Crippen molar-refractivity contribution in [3.63, 3.8) is 0 Å². The summed E-state index contributed by atoms with van der Waals surface area (Å²) in [6.07, 6.45) is 1.66. The largest absolute Gasteiger partial charge is 0.366 e. The van der Waals surface area contributed by atoms with Crippen LogP contribution in [0.25, 0.3) is 11.1 Å². The molecule has 0 saturated carbocycles. The van der Waals surface area contributed by atoms with E-state index in [0.29, 0.717) is 27.9 Å². The highest BCUT2D eigenvalue weighted by Crippen LogP contribution is 2.29. The van der Waals surface area contributed by atoms with Crippen molar-refractivity contribution in [3.8, 4) is 11.1 Å². The maximum absolute atomic E-state index is 14.0. The summed E-state index contributed by atoms with van der Waals surface area (Å²) in [7, 11) is 0. The van der Waals surface area contributed by atoms with Gasteiger partial charge >= 0.3 is 0 Å². The van der Waals surface area contributed by atoms with Crippen LogP contribution in [-0.2, 0) is 17.8 Å². The van der Waals surface area contributed by atoms with E-state index in [4.69, 9.17) is 5.73 Å². The summed E-state index contributed by atoms with van der Waals surface area (Å²) >= 11 is 0. The lowest BCUT2D eigenvalue weighted by Gasteiger charge is -2.22. The Morgan fingerprint density at radius 1 is 1.03 bits per heavy atom. The monoisotopic (exact) mass is 503 g/mol. The molecule has 3 N–H and O–H groups in total. The van der Waals surface area contributed by atoms with E-state index in [1.807, 2.05) is 20.8 Å². The number of aromatic nitrogens is 3. The molecule has 2 aromatic carbocycles. The summed E-state index contributed by atoms with van der Waals surface area (Å²) in [6, 6.07) is 12.8. The van der Waals surface area contributed by atoms with Crippen molar-refractivity contribution in [1.82, 2.24) is 20.1 Å². The van der Waals surface area contributed by atoms with Crippen molar-refractivity contribution in [1.29, 1.82) is 0 Å². The quantitative estimate of drug-likeness (QED) is 0.373. The third kappa shape index (κ3) is 5.88. The number of pyridine rings is 1. The maximum atomic E-state index is 14.0. The predicted octanol–water partition coefficient (Wildman–Crippen LogP) is 4.35. The molecule has 0 aliphatic heterocycles. The van der Waals surface area contributed by atoms with Crippen LogP contribution in [0.15, 0.2) is 60.8 Å². The minimum absolute atomic E-state index is 0.0339. The molecule has 0 spiro atoms. The first kappa shape index (κ1) is 25.7. The minimum Gasteiger partial charge on any atom is -0.366 e. The first-order valence-electron chi connectivity index (χ1n) is 11.7. The van der Waals surface area contributed by atoms with Crippen molar-refractivity contribution in [2.75, 3.05) is 0 Å². The van der Waals surface area contributed by atoms with Crippen molar-refractivity contribution >= 4 is 11.8 Å². The van der Waals surface area contributed by atoms with Gasteiger partial charge in [0.1, 0.15) is 18.2 Å². The van der Waals surface area contributed by atoms with Gasteiger partial charge in [-0.05, 0) is 74.2 Å². The van der Waals surface area contributed by atoms with Crippen LogP contribution >= 0.6 is 0 Å². The molecule has 0 aliphatic rings. The summed E-state index contributed by atoms with van der Waals surface area (Å²) < 4.78 is 29.6. The highest BCUT2D eigenvalue weighted by molar-refractivity contribution is 5.94. The SMILES string of the molecule is Cc1nn(CC(=O)N[C@@H](Cc2cc(F)cc(F)c2)c2ncccc2-c2cccc(C(N)=O)c2)c(C)c1C. The number of carbonyl (C=O) groups excluding carboxylic acids is 2. The lowest BCUT2D eigenvalue weighted by atomic mass is 9.94. The van der Waals surface area contributed by atoms with Crippen LogP contribution < -0.4 is 11.1 Å². The molecule has 0 aliphatic carbocycles. The van der Waals surface area contributed by atoms with Gasteiger partial charge in [0.05, 0.1) is 17.4 Å². The number of hydrogen-bond acceptors (Lipinski definition) is 4. The minimum atomic E-state index is -0.736. The zero-order chi connectivity index (χ0) is 26.7. The number of nitrogens with one attached hydrogen (secondary N) is 1. The van der Waals surface area contributed by atoms with Gasteiger partial charge in [-0.1, -0.05) is 18.2 Å². The van der Waals surface area contributed by atoms with Crippen LogP contribution in [-0.4, -0.2) is 26.6 Å². The number of amides is 2. The van der Waals surface area contributed by atoms with Crippen molar-refractivity contribution in [2.24, 2.45) is 5.73 Å². The number of hydrogen-bond donors (Lipinski definition) is 2. The van der Waals surface area contributed by atoms with Crippen LogP contribution in [0.1, 0.15) is 44.6 Å².